The minimum atomic E-state index is -0.950. The van der Waals surface area contributed by atoms with Gasteiger partial charge in [0.2, 0.25) is 0 Å². The number of para-hydroxylation sites is 1. The Morgan fingerprint density at radius 3 is 2.75 bits per heavy atom. The number of rotatable bonds is 5. The van der Waals surface area contributed by atoms with Crippen LogP contribution in [0.3, 0.4) is 0 Å². The van der Waals surface area contributed by atoms with Crippen LogP contribution in [0.5, 0.6) is 0 Å². The number of thioether (sulfide) groups is 1. The summed E-state index contributed by atoms with van der Waals surface area (Å²) in [6.07, 6.45) is 4.81. The number of benzene rings is 1. The van der Waals surface area contributed by atoms with Crippen LogP contribution in [0, 0.1) is 0 Å². The quantitative estimate of drug-likeness (QED) is 0.667. The van der Waals surface area contributed by atoms with Gasteiger partial charge in [0.25, 0.3) is 11.1 Å². The monoisotopic (exact) mass is 342 g/mol. The summed E-state index contributed by atoms with van der Waals surface area (Å²) in [5.74, 6) is -1.31. The van der Waals surface area contributed by atoms with Crippen molar-refractivity contribution in [3.63, 3.8) is 0 Å². The minimum Gasteiger partial charge on any atom is -0.480 e. The summed E-state index contributed by atoms with van der Waals surface area (Å²) in [6, 6.07) is 7.34. The van der Waals surface area contributed by atoms with Gasteiger partial charge in [0.05, 0.1) is 4.91 Å². The number of amides is 2. The fraction of sp³-hybridized carbons (Fsp3) is 0.118. The highest BCUT2D eigenvalue weighted by Crippen LogP contribution is 2.34. The van der Waals surface area contributed by atoms with Crippen molar-refractivity contribution in [2.45, 2.75) is 6.54 Å². The zero-order valence-corrected chi connectivity index (χ0v) is 13.5. The molecule has 2 aromatic rings. The molecule has 0 bridgehead atoms. The molecule has 0 spiro atoms. The Kier molecular flexibility index (Phi) is 4.26. The molecule has 3 rings (SSSR count). The largest absolute Gasteiger partial charge is 0.480 e. The van der Waals surface area contributed by atoms with Crippen molar-refractivity contribution in [1.82, 2.24) is 9.47 Å². The summed E-state index contributed by atoms with van der Waals surface area (Å²) in [5.41, 5.74) is 1.47. The van der Waals surface area contributed by atoms with Crippen LogP contribution in [-0.4, -0.2) is 38.2 Å². The number of nitrogens with zero attached hydrogens (tertiary/aromatic N) is 2. The molecule has 1 aromatic heterocycles. The topological polar surface area (TPSA) is 79.6 Å². The van der Waals surface area contributed by atoms with Gasteiger partial charge in [-0.05, 0) is 23.9 Å². The van der Waals surface area contributed by atoms with Gasteiger partial charge >= 0.3 is 5.97 Å². The van der Waals surface area contributed by atoms with Gasteiger partial charge in [-0.3, -0.25) is 19.3 Å². The summed E-state index contributed by atoms with van der Waals surface area (Å²) in [5, 5.41) is 9.53. The predicted molar refractivity (Wildman–Crippen MR) is 92.4 cm³/mol. The first-order valence-corrected chi connectivity index (χ1v) is 7.99. The van der Waals surface area contributed by atoms with Crippen LogP contribution < -0.4 is 0 Å². The molecule has 122 valence electrons. The first-order valence-electron chi connectivity index (χ1n) is 7.17. The van der Waals surface area contributed by atoms with E-state index in [1.165, 1.54) is 6.08 Å². The lowest BCUT2D eigenvalue weighted by Gasteiger charge is -2.07. The minimum absolute atomic E-state index is 0.169. The maximum Gasteiger partial charge on any atom is 0.323 e. The summed E-state index contributed by atoms with van der Waals surface area (Å²) in [7, 11) is 0. The lowest BCUT2D eigenvalue weighted by molar-refractivity contribution is -0.137. The summed E-state index contributed by atoms with van der Waals surface area (Å²) in [4.78, 5) is 36.6. The number of carbonyl (C=O) groups excluding carboxylic acids is 2. The van der Waals surface area contributed by atoms with E-state index in [4.69, 9.17) is 5.11 Å². The lowest BCUT2D eigenvalue weighted by atomic mass is 10.1. The highest BCUT2D eigenvalue weighted by molar-refractivity contribution is 8.18. The Balaban J connectivity index is 2.04. The van der Waals surface area contributed by atoms with E-state index in [1.54, 1.807) is 16.8 Å². The Morgan fingerprint density at radius 2 is 2.04 bits per heavy atom. The molecule has 2 heterocycles. The van der Waals surface area contributed by atoms with Crippen molar-refractivity contribution < 1.29 is 19.5 Å². The molecule has 1 saturated heterocycles. The van der Waals surface area contributed by atoms with E-state index in [9.17, 15) is 14.4 Å². The van der Waals surface area contributed by atoms with Gasteiger partial charge in [-0.2, -0.15) is 0 Å². The molecule has 1 aromatic carbocycles. The first kappa shape index (κ1) is 16.1. The van der Waals surface area contributed by atoms with Gasteiger partial charge in [-0.1, -0.05) is 24.3 Å². The zero-order chi connectivity index (χ0) is 17.3. The lowest BCUT2D eigenvalue weighted by Crippen LogP contribution is -2.27. The SMILES string of the molecule is C=CCN1C(=O)S/C(=C\c2cn(CC(=O)O)c3ccccc23)C1=O. The van der Waals surface area contributed by atoms with E-state index in [0.29, 0.717) is 10.5 Å². The van der Waals surface area contributed by atoms with Crippen LogP contribution in [0.4, 0.5) is 4.79 Å². The molecule has 7 heteroatoms. The molecule has 2 amide bonds. The Hall–Kier alpha value is -2.80. The van der Waals surface area contributed by atoms with Crippen molar-refractivity contribution in [3.05, 3.63) is 53.6 Å². The summed E-state index contributed by atoms with van der Waals surface area (Å²) in [6.45, 7) is 3.54. The number of fused-ring (bicyclic) bond motifs is 1. The second-order valence-electron chi connectivity index (χ2n) is 5.20. The zero-order valence-electron chi connectivity index (χ0n) is 12.6. The van der Waals surface area contributed by atoms with Gasteiger partial charge in [0, 0.05) is 29.2 Å². The van der Waals surface area contributed by atoms with Gasteiger partial charge in [-0.25, -0.2) is 0 Å². The van der Waals surface area contributed by atoms with Crippen LogP contribution in [0.25, 0.3) is 17.0 Å². The number of carboxylic acids is 1. The highest BCUT2D eigenvalue weighted by atomic mass is 32.2. The van der Waals surface area contributed by atoms with E-state index in [-0.39, 0.29) is 24.2 Å². The van der Waals surface area contributed by atoms with Crippen molar-refractivity contribution in [3.8, 4) is 0 Å². The molecule has 1 aliphatic rings. The van der Waals surface area contributed by atoms with Crippen molar-refractivity contribution >= 4 is 45.9 Å². The van der Waals surface area contributed by atoms with Gasteiger partial charge < -0.3 is 9.67 Å². The second-order valence-corrected chi connectivity index (χ2v) is 6.20. The molecule has 0 radical (unpaired) electrons. The molecule has 24 heavy (non-hydrogen) atoms. The van der Waals surface area contributed by atoms with E-state index < -0.39 is 5.97 Å². The van der Waals surface area contributed by atoms with Crippen molar-refractivity contribution in [2.24, 2.45) is 0 Å². The van der Waals surface area contributed by atoms with Crippen LogP contribution >= 0.6 is 11.8 Å². The Morgan fingerprint density at radius 1 is 1.29 bits per heavy atom. The third kappa shape index (κ3) is 2.85. The third-order valence-corrected chi connectivity index (χ3v) is 4.50. The third-order valence-electron chi connectivity index (χ3n) is 3.60. The van der Waals surface area contributed by atoms with Crippen molar-refractivity contribution in [1.29, 1.82) is 0 Å². The number of imide groups is 1. The fourth-order valence-corrected chi connectivity index (χ4v) is 3.43. The average Bonchev–Trinajstić information content (AvgIpc) is 3.01. The molecule has 6 nitrogen and oxygen atoms in total. The molecule has 1 aliphatic heterocycles. The Bertz CT molecular complexity index is 897. The van der Waals surface area contributed by atoms with Crippen molar-refractivity contribution in [2.75, 3.05) is 6.54 Å². The van der Waals surface area contributed by atoms with Gasteiger partial charge in [-0.15, -0.1) is 6.58 Å². The number of carbonyl (C=O) groups is 3. The molecular formula is C17H14N2O4S. The van der Waals surface area contributed by atoms with Crippen LogP contribution in [0.2, 0.25) is 0 Å². The van der Waals surface area contributed by atoms with E-state index in [1.807, 2.05) is 24.3 Å². The first-order chi connectivity index (χ1) is 11.5. The fourth-order valence-electron chi connectivity index (χ4n) is 2.59. The van der Waals surface area contributed by atoms with E-state index >= 15 is 0 Å². The molecule has 0 aliphatic carbocycles. The molecule has 0 saturated carbocycles. The highest BCUT2D eigenvalue weighted by Gasteiger charge is 2.34. The van der Waals surface area contributed by atoms with E-state index in [0.717, 1.165) is 27.6 Å². The average molecular weight is 342 g/mol. The summed E-state index contributed by atoms with van der Waals surface area (Å²) >= 11 is 0.873. The maximum atomic E-state index is 12.3. The molecule has 0 unspecified atom stereocenters. The summed E-state index contributed by atoms with van der Waals surface area (Å²) < 4.78 is 1.61. The number of aliphatic carboxylic acids is 1. The Labute approximate surface area is 142 Å². The molecular weight excluding hydrogens is 328 g/mol. The number of carboxylic acid groups (broad SMARTS) is 1. The maximum absolute atomic E-state index is 12.3. The number of hydrogen-bond donors (Lipinski definition) is 1. The normalized spacial score (nSPS) is 16.3. The van der Waals surface area contributed by atoms with E-state index in [2.05, 4.69) is 6.58 Å². The number of aromatic nitrogens is 1. The predicted octanol–water partition coefficient (Wildman–Crippen LogP) is 2.95. The standard InChI is InChI=1S/C17H14N2O4S/c1-2-7-19-16(22)14(24-17(19)23)8-11-9-18(10-15(20)21)13-6-4-3-5-12(11)13/h2-6,8-9H,1,7,10H2,(H,20,21)/b14-8-. The molecule has 1 N–H and O–H groups in total. The van der Waals surface area contributed by atoms with Gasteiger partial charge in [0.1, 0.15) is 6.54 Å². The van der Waals surface area contributed by atoms with Crippen LogP contribution in [0.15, 0.2) is 48.0 Å². The second kappa shape index (κ2) is 6.37. The molecule has 1 fully saturated rings. The smallest absolute Gasteiger partial charge is 0.323 e. The van der Waals surface area contributed by atoms with Crippen LogP contribution in [-0.2, 0) is 16.1 Å². The van der Waals surface area contributed by atoms with Crippen LogP contribution in [0.1, 0.15) is 5.56 Å². The molecule has 0 atom stereocenters. The van der Waals surface area contributed by atoms with Gasteiger partial charge in [0.15, 0.2) is 0 Å². The number of hydrogen-bond acceptors (Lipinski definition) is 4.